The zero-order valence-corrected chi connectivity index (χ0v) is 18.2. The first kappa shape index (κ1) is 22.3. The Balaban J connectivity index is 2.13. The smallest absolute Gasteiger partial charge is 0.307 e. The largest absolute Gasteiger partial charge is 0.481 e. The number of hydrogen-bond donors (Lipinski definition) is 3. The van der Waals surface area contributed by atoms with Gasteiger partial charge in [-0.05, 0) is 67.1 Å². The standard InChI is InChI=1S/C23H31ClN2O2/c1-6-21(18-9-15(3)22(24)16(4)10-18)26-20-8-7-14(2)19(11-20)13-25-12-17(5)23(27)28/h7-11,17,21,25-26H,6,12-13H2,1-5H3,(H,27,28). The Morgan fingerprint density at radius 1 is 1.11 bits per heavy atom. The lowest BCUT2D eigenvalue weighted by atomic mass is 9.98. The second-order valence-corrected chi connectivity index (χ2v) is 7.96. The van der Waals surface area contributed by atoms with Crippen molar-refractivity contribution in [1.29, 1.82) is 0 Å². The molecule has 2 unspecified atom stereocenters. The van der Waals surface area contributed by atoms with Gasteiger partial charge in [-0.15, -0.1) is 0 Å². The van der Waals surface area contributed by atoms with Gasteiger partial charge >= 0.3 is 5.97 Å². The molecular formula is C23H31ClN2O2. The molecule has 152 valence electrons. The Labute approximate surface area is 173 Å². The van der Waals surface area contributed by atoms with Crippen molar-refractivity contribution in [3.63, 3.8) is 0 Å². The summed E-state index contributed by atoms with van der Waals surface area (Å²) in [5.41, 5.74) is 6.84. The first-order valence-corrected chi connectivity index (χ1v) is 10.2. The van der Waals surface area contributed by atoms with Crippen LogP contribution in [-0.4, -0.2) is 17.6 Å². The van der Waals surface area contributed by atoms with E-state index >= 15 is 0 Å². The van der Waals surface area contributed by atoms with Crippen LogP contribution in [0.15, 0.2) is 30.3 Å². The Hall–Kier alpha value is -2.04. The molecule has 0 aliphatic heterocycles. The minimum absolute atomic E-state index is 0.199. The third kappa shape index (κ3) is 5.73. The molecule has 0 heterocycles. The average Bonchev–Trinajstić information content (AvgIpc) is 2.65. The monoisotopic (exact) mass is 402 g/mol. The summed E-state index contributed by atoms with van der Waals surface area (Å²) in [5, 5.41) is 16.7. The van der Waals surface area contributed by atoms with E-state index in [0.717, 1.165) is 28.3 Å². The van der Waals surface area contributed by atoms with E-state index in [0.29, 0.717) is 13.1 Å². The van der Waals surface area contributed by atoms with Crippen LogP contribution in [0.2, 0.25) is 5.02 Å². The average molecular weight is 403 g/mol. The molecule has 2 atom stereocenters. The molecule has 2 aromatic rings. The van der Waals surface area contributed by atoms with Crippen molar-refractivity contribution in [3.05, 3.63) is 63.2 Å². The van der Waals surface area contributed by atoms with E-state index in [1.165, 1.54) is 16.7 Å². The summed E-state index contributed by atoms with van der Waals surface area (Å²) in [6.07, 6.45) is 0.956. The number of nitrogens with one attached hydrogen (secondary N) is 2. The second kappa shape index (κ2) is 9.94. The van der Waals surface area contributed by atoms with Crippen molar-refractivity contribution in [1.82, 2.24) is 5.32 Å². The molecule has 0 bridgehead atoms. The van der Waals surface area contributed by atoms with Crippen LogP contribution < -0.4 is 10.6 Å². The molecule has 2 rings (SSSR count). The molecule has 4 nitrogen and oxygen atoms in total. The molecule has 0 aliphatic rings. The zero-order valence-electron chi connectivity index (χ0n) is 17.4. The van der Waals surface area contributed by atoms with Crippen molar-refractivity contribution in [2.24, 2.45) is 5.92 Å². The Kier molecular flexibility index (Phi) is 7.90. The first-order chi connectivity index (χ1) is 13.2. The summed E-state index contributed by atoms with van der Waals surface area (Å²) in [4.78, 5) is 11.0. The van der Waals surface area contributed by atoms with Crippen LogP contribution in [0.1, 0.15) is 54.1 Å². The lowest BCUT2D eigenvalue weighted by molar-refractivity contribution is -0.140. The van der Waals surface area contributed by atoms with Crippen LogP contribution in [0.4, 0.5) is 5.69 Å². The van der Waals surface area contributed by atoms with Crippen molar-refractivity contribution in [2.75, 3.05) is 11.9 Å². The van der Waals surface area contributed by atoms with E-state index in [1.807, 2.05) is 13.8 Å². The van der Waals surface area contributed by atoms with E-state index in [1.54, 1.807) is 6.92 Å². The maximum Gasteiger partial charge on any atom is 0.307 e. The van der Waals surface area contributed by atoms with Crippen LogP contribution >= 0.6 is 11.6 Å². The summed E-state index contributed by atoms with van der Waals surface area (Å²) in [6.45, 7) is 11.1. The molecule has 0 spiro atoms. The maximum absolute atomic E-state index is 11.0. The second-order valence-electron chi connectivity index (χ2n) is 7.59. The molecule has 0 saturated heterocycles. The van der Waals surface area contributed by atoms with Crippen LogP contribution in [0.5, 0.6) is 0 Å². The summed E-state index contributed by atoms with van der Waals surface area (Å²) in [5.74, 6) is -1.18. The van der Waals surface area contributed by atoms with E-state index in [-0.39, 0.29) is 6.04 Å². The third-order valence-electron chi connectivity index (χ3n) is 5.15. The SMILES string of the molecule is CCC(Nc1ccc(C)c(CNCC(C)C(=O)O)c1)c1cc(C)c(Cl)c(C)c1. The molecule has 2 aromatic carbocycles. The first-order valence-electron chi connectivity index (χ1n) is 9.79. The van der Waals surface area contributed by atoms with Gasteiger partial charge in [0.15, 0.2) is 0 Å². The molecule has 0 amide bonds. The summed E-state index contributed by atoms with van der Waals surface area (Å²) < 4.78 is 0. The van der Waals surface area contributed by atoms with E-state index in [4.69, 9.17) is 16.7 Å². The van der Waals surface area contributed by atoms with Gasteiger partial charge in [-0.25, -0.2) is 0 Å². The highest BCUT2D eigenvalue weighted by atomic mass is 35.5. The predicted octanol–water partition coefficient (Wildman–Crippen LogP) is 5.64. The highest BCUT2D eigenvalue weighted by Gasteiger charge is 2.14. The molecule has 28 heavy (non-hydrogen) atoms. The van der Waals surface area contributed by atoms with Gasteiger partial charge in [0.1, 0.15) is 0 Å². The minimum Gasteiger partial charge on any atom is -0.481 e. The van der Waals surface area contributed by atoms with Crippen LogP contribution in [0, 0.1) is 26.7 Å². The number of halogens is 1. The molecule has 0 aromatic heterocycles. The number of carbonyl (C=O) groups is 1. The molecule has 0 fully saturated rings. The lowest BCUT2D eigenvalue weighted by Crippen LogP contribution is -2.26. The molecule has 5 heteroatoms. The lowest BCUT2D eigenvalue weighted by Gasteiger charge is -2.21. The quantitative estimate of drug-likeness (QED) is 0.508. The third-order valence-corrected chi connectivity index (χ3v) is 5.74. The van der Waals surface area contributed by atoms with Crippen LogP contribution in [0.25, 0.3) is 0 Å². The van der Waals surface area contributed by atoms with Crippen LogP contribution in [0.3, 0.4) is 0 Å². The van der Waals surface area contributed by atoms with E-state index in [2.05, 4.69) is 54.8 Å². The van der Waals surface area contributed by atoms with Gasteiger partial charge < -0.3 is 15.7 Å². The summed E-state index contributed by atoms with van der Waals surface area (Å²) >= 11 is 6.32. The van der Waals surface area contributed by atoms with Crippen molar-refractivity contribution >= 4 is 23.3 Å². The maximum atomic E-state index is 11.0. The molecule has 0 aliphatic carbocycles. The molecular weight excluding hydrogens is 372 g/mol. The van der Waals surface area contributed by atoms with Gasteiger partial charge in [0.2, 0.25) is 0 Å². The Morgan fingerprint density at radius 2 is 1.75 bits per heavy atom. The molecule has 3 N–H and O–H groups in total. The fourth-order valence-corrected chi connectivity index (χ4v) is 3.37. The van der Waals surface area contributed by atoms with E-state index < -0.39 is 11.9 Å². The minimum atomic E-state index is -0.779. The van der Waals surface area contributed by atoms with Crippen molar-refractivity contribution in [2.45, 2.75) is 53.6 Å². The summed E-state index contributed by atoms with van der Waals surface area (Å²) in [6, 6.07) is 10.8. The predicted molar refractivity (Wildman–Crippen MR) is 117 cm³/mol. The highest BCUT2D eigenvalue weighted by Crippen LogP contribution is 2.29. The number of anilines is 1. The van der Waals surface area contributed by atoms with E-state index in [9.17, 15) is 4.79 Å². The number of carboxylic acid groups (broad SMARTS) is 1. The highest BCUT2D eigenvalue weighted by molar-refractivity contribution is 6.32. The zero-order chi connectivity index (χ0) is 20.8. The normalized spacial score (nSPS) is 13.2. The Morgan fingerprint density at radius 3 is 2.32 bits per heavy atom. The Bertz CT molecular complexity index is 812. The van der Waals surface area contributed by atoms with Gasteiger partial charge in [-0.3, -0.25) is 4.79 Å². The van der Waals surface area contributed by atoms with Gasteiger partial charge in [0, 0.05) is 23.8 Å². The molecule has 0 radical (unpaired) electrons. The van der Waals surface area contributed by atoms with Gasteiger partial charge in [-0.1, -0.05) is 43.6 Å². The number of aryl methyl sites for hydroxylation is 3. The van der Waals surface area contributed by atoms with Crippen molar-refractivity contribution < 1.29 is 9.90 Å². The number of carboxylic acids is 1. The van der Waals surface area contributed by atoms with Gasteiger partial charge in [-0.2, -0.15) is 0 Å². The van der Waals surface area contributed by atoms with Crippen LogP contribution in [-0.2, 0) is 11.3 Å². The fourth-order valence-electron chi connectivity index (χ4n) is 3.27. The number of hydrogen-bond acceptors (Lipinski definition) is 3. The van der Waals surface area contributed by atoms with Gasteiger partial charge in [0.05, 0.1) is 12.0 Å². The fraction of sp³-hybridized carbons (Fsp3) is 0.435. The summed E-state index contributed by atoms with van der Waals surface area (Å²) in [7, 11) is 0. The van der Waals surface area contributed by atoms with Gasteiger partial charge in [0.25, 0.3) is 0 Å². The van der Waals surface area contributed by atoms with Crippen molar-refractivity contribution in [3.8, 4) is 0 Å². The topological polar surface area (TPSA) is 61.4 Å². The number of aliphatic carboxylic acids is 1. The number of benzene rings is 2. The molecule has 0 saturated carbocycles. The number of rotatable bonds is 9.